The predicted molar refractivity (Wildman–Crippen MR) is 111 cm³/mol. The van der Waals surface area contributed by atoms with E-state index in [9.17, 15) is 14.4 Å². The van der Waals surface area contributed by atoms with E-state index in [0.717, 1.165) is 10.1 Å². The van der Waals surface area contributed by atoms with E-state index in [-0.39, 0.29) is 0 Å². The lowest BCUT2D eigenvalue weighted by atomic mass is 10.2. The summed E-state index contributed by atoms with van der Waals surface area (Å²) in [6.07, 6.45) is 1.54. The largest absolute Gasteiger partial charge is 0.462 e. The lowest BCUT2D eigenvalue weighted by molar-refractivity contribution is 0.0526. The third kappa shape index (κ3) is 2.92. The highest BCUT2D eigenvalue weighted by molar-refractivity contribution is 5.93. The molecule has 0 aliphatic carbocycles. The Kier molecular flexibility index (Phi) is 4.76. The van der Waals surface area contributed by atoms with Gasteiger partial charge in [0.05, 0.1) is 36.1 Å². The van der Waals surface area contributed by atoms with E-state index in [0.29, 0.717) is 47.8 Å². The average molecular weight is 410 g/mol. The molecule has 0 atom stereocenters. The molecule has 0 N–H and O–H groups in total. The molecule has 4 aromatic rings. The minimum Gasteiger partial charge on any atom is -0.462 e. The molecule has 4 rings (SSSR count). The third-order valence-electron chi connectivity index (χ3n) is 5.18. The summed E-state index contributed by atoms with van der Waals surface area (Å²) >= 11 is 0. The van der Waals surface area contributed by atoms with Gasteiger partial charge in [-0.1, -0.05) is 0 Å². The van der Waals surface area contributed by atoms with E-state index in [1.54, 1.807) is 30.7 Å². The van der Waals surface area contributed by atoms with Gasteiger partial charge in [-0.05, 0) is 32.0 Å². The van der Waals surface area contributed by atoms with Gasteiger partial charge in [0, 0.05) is 20.6 Å². The zero-order chi connectivity index (χ0) is 21.6. The van der Waals surface area contributed by atoms with Crippen LogP contribution in [0.1, 0.15) is 30.0 Å². The predicted octanol–water partition coefficient (Wildman–Crippen LogP) is 1.03. The molecule has 0 amide bonds. The van der Waals surface area contributed by atoms with Crippen LogP contribution in [0.5, 0.6) is 0 Å². The molecule has 0 unspecified atom stereocenters. The quantitative estimate of drug-likeness (QED) is 0.455. The maximum absolute atomic E-state index is 12.7. The second kappa shape index (κ2) is 7.29. The summed E-state index contributed by atoms with van der Waals surface area (Å²) in [5.41, 5.74) is 1.81. The van der Waals surface area contributed by atoms with Crippen LogP contribution in [0.4, 0.5) is 0 Å². The molecule has 0 saturated carbocycles. The number of fused-ring (bicyclic) bond motifs is 2. The molecule has 0 fully saturated rings. The maximum atomic E-state index is 12.7. The number of hydrogen-bond donors (Lipinski definition) is 0. The molecule has 0 aliphatic rings. The Labute approximate surface area is 171 Å². The van der Waals surface area contributed by atoms with Crippen molar-refractivity contribution in [3.05, 3.63) is 56.8 Å². The highest BCUT2D eigenvalue weighted by Crippen LogP contribution is 2.20. The molecular weight excluding hydrogens is 388 g/mol. The van der Waals surface area contributed by atoms with Crippen molar-refractivity contribution in [1.29, 1.82) is 0 Å². The minimum absolute atomic E-state index is 0.293. The van der Waals surface area contributed by atoms with Crippen molar-refractivity contribution < 1.29 is 9.53 Å². The zero-order valence-corrected chi connectivity index (χ0v) is 17.2. The number of carbonyl (C=O) groups is 1. The SMILES string of the molecule is CCOC(=O)c1ccc2c(c1)nc(Cn1cnc3c1c(=O)n(C)c(=O)n3C)n2CC. The van der Waals surface area contributed by atoms with E-state index in [1.807, 2.05) is 17.6 Å². The summed E-state index contributed by atoms with van der Waals surface area (Å²) in [5.74, 6) is 0.320. The van der Waals surface area contributed by atoms with Gasteiger partial charge in [-0.15, -0.1) is 0 Å². The number of benzene rings is 1. The molecule has 10 nitrogen and oxygen atoms in total. The van der Waals surface area contributed by atoms with Crippen LogP contribution in [-0.4, -0.2) is 40.8 Å². The number of carbonyl (C=O) groups excluding carboxylic acids is 1. The normalized spacial score (nSPS) is 11.5. The molecular formula is C20H22N6O4. The molecule has 0 spiro atoms. The summed E-state index contributed by atoms with van der Waals surface area (Å²) in [6, 6.07) is 5.27. The Morgan fingerprint density at radius 1 is 1.13 bits per heavy atom. The zero-order valence-electron chi connectivity index (χ0n) is 17.2. The van der Waals surface area contributed by atoms with E-state index in [1.165, 1.54) is 17.9 Å². The maximum Gasteiger partial charge on any atom is 0.338 e. The number of nitrogens with zero attached hydrogens (tertiary/aromatic N) is 6. The number of rotatable bonds is 5. The Morgan fingerprint density at radius 3 is 2.60 bits per heavy atom. The molecule has 0 saturated heterocycles. The van der Waals surface area contributed by atoms with Crippen molar-refractivity contribution >= 4 is 28.2 Å². The second-order valence-electron chi connectivity index (χ2n) is 6.95. The van der Waals surface area contributed by atoms with Gasteiger partial charge in [0.2, 0.25) is 0 Å². The Balaban J connectivity index is 1.84. The molecule has 10 heteroatoms. The van der Waals surface area contributed by atoms with Gasteiger partial charge >= 0.3 is 11.7 Å². The van der Waals surface area contributed by atoms with Gasteiger partial charge in [0.1, 0.15) is 5.82 Å². The van der Waals surface area contributed by atoms with Gasteiger partial charge in [-0.3, -0.25) is 13.9 Å². The first-order chi connectivity index (χ1) is 14.4. The smallest absolute Gasteiger partial charge is 0.338 e. The number of ether oxygens (including phenoxy) is 1. The fourth-order valence-electron chi connectivity index (χ4n) is 3.66. The fraction of sp³-hybridized carbons (Fsp3) is 0.350. The molecule has 156 valence electrons. The van der Waals surface area contributed by atoms with Gasteiger partial charge < -0.3 is 13.9 Å². The Bertz CT molecular complexity index is 1400. The molecule has 1 aromatic carbocycles. The Morgan fingerprint density at radius 2 is 1.90 bits per heavy atom. The fourth-order valence-corrected chi connectivity index (χ4v) is 3.66. The Hall–Kier alpha value is -3.69. The van der Waals surface area contributed by atoms with Crippen molar-refractivity contribution in [2.45, 2.75) is 26.9 Å². The van der Waals surface area contributed by atoms with Gasteiger partial charge in [-0.25, -0.2) is 19.6 Å². The number of aryl methyl sites for hydroxylation is 2. The molecule has 0 aliphatic heterocycles. The lowest BCUT2D eigenvalue weighted by Gasteiger charge is -2.08. The lowest BCUT2D eigenvalue weighted by Crippen LogP contribution is -2.37. The summed E-state index contributed by atoms with van der Waals surface area (Å²) in [4.78, 5) is 45.8. The van der Waals surface area contributed by atoms with Crippen LogP contribution in [0, 0.1) is 0 Å². The number of esters is 1. The van der Waals surface area contributed by atoms with Crippen molar-refractivity contribution in [2.75, 3.05) is 6.61 Å². The van der Waals surface area contributed by atoms with Crippen molar-refractivity contribution in [2.24, 2.45) is 14.1 Å². The van der Waals surface area contributed by atoms with E-state index >= 15 is 0 Å². The van der Waals surface area contributed by atoms with Crippen LogP contribution in [0.15, 0.2) is 34.1 Å². The summed E-state index contributed by atoms with van der Waals surface area (Å²) in [7, 11) is 3.03. The number of aromatic nitrogens is 6. The monoisotopic (exact) mass is 410 g/mol. The van der Waals surface area contributed by atoms with Crippen LogP contribution in [0.3, 0.4) is 0 Å². The first kappa shape index (κ1) is 19.6. The standard InChI is InChI=1S/C20H22N6O4/c1-5-26-14-8-7-12(19(28)30-6-2)9-13(14)22-15(26)10-25-11-21-17-16(25)18(27)24(4)20(29)23(17)3/h7-9,11H,5-6,10H2,1-4H3. The van der Waals surface area contributed by atoms with Gasteiger partial charge in [0.25, 0.3) is 5.56 Å². The minimum atomic E-state index is -0.426. The molecule has 3 heterocycles. The van der Waals surface area contributed by atoms with E-state index in [4.69, 9.17) is 4.74 Å². The third-order valence-corrected chi connectivity index (χ3v) is 5.18. The van der Waals surface area contributed by atoms with Crippen LogP contribution in [0.2, 0.25) is 0 Å². The van der Waals surface area contributed by atoms with E-state index < -0.39 is 17.2 Å². The van der Waals surface area contributed by atoms with Crippen molar-refractivity contribution in [3.63, 3.8) is 0 Å². The molecule has 3 aromatic heterocycles. The molecule has 30 heavy (non-hydrogen) atoms. The van der Waals surface area contributed by atoms with Gasteiger partial charge in [0.15, 0.2) is 11.2 Å². The first-order valence-corrected chi connectivity index (χ1v) is 9.64. The van der Waals surface area contributed by atoms with Crippen LogP contribution in [-0.2, 0) is 31.9 Å². The number of hydrogen-bond acceptors (Lipinski definition) is 6. The summed E-state index contributed by atoms with van der Waals surface area (Å²) in [5, 5.41) is 0. The van der Waals surface area contributed by atoms with Crippen LogP contribution >= 0.6 is 0 Å². The summed E-state index contributed by atoms with van der Waals surface area (Å²) < 4.78 is 11.2. The van der Waals surface area contributed by atoms with E-state index in [2.05, 4.69) is 9.97 Å². The van der Waals surface area contributed by atoms with Crippen LogP contribution < -0.4 is 11.2 Å². The molecule has 0 bridgehead atoms. The van der Waals surface area contributed by atoms with Crippen LogP contribution in [0.25, 0.3) is 22.2 Å². The summed E-state index contributed by atoms with van der Waals surface area (Å²) in [6.45, 7) is 5.01. The first-order valence-electron chi connectivity index (χ1n) is 9.64. The second-order valence-corrected chi connectivity index (χ2v) is 6.95. The number of imidazole rings is 2. The molecule has 0 radical (unpaired) electrons. The highest BCUT2D eigenvalue weighted by atomic mass is 16.5. The highest BCUT2D eigenvalue weighted by Gasteiger charge is 2.18. The average Bonchev–Trinajstić information content (AvgIpc) is 3.31. The van der Waals surface area contributed by atoms with Crippen molar-refractivity contribution in [1.82, 2.24) is 28.2 Å². The topological polar surface area (TPSA) is 106 Å². The van der Waals surface area contributed by atoms with Crippen molar-refractivity contribution in [3.8, 4) is 0 Å². The van der Waals surface area contributed by atoms with Gasteiger partial charge in [-0.2, -0.15) is 0 Å².